The molecule has 0 aromatic heterocycles. The molecule has 0 spiro atoms. The average Bonchev–Trinajstić information content (AvgIpc) is 2.49. The Hall–Kier alpha value is -0.470. The molecular formula is C11H20NO9S2-. The molecule has 0 aromatic carbocycles. The van der Waals surface area contributed by atoms with E-state index in [0.717, 1.165) is 18.2 Å². The Kier molecular flexibility index (Phi) is 8.17. The highest BCUT2D eigenvalue weighted by Gasteiger charge is 2.44. The lowest BCUT2D eigenvalue weighted by molar-refractivity contribution is -0.205. The molecule has 136 valence electrons. The molecule has 0 amide bonds. The number of oxime groups is 1. The van der Waals surface area contributed by atoms with Crippen LogP contribution in [0.3, 0.4) is 0 Å². The number of nitrogens with zero attached hydrogens (tertiary/aromatic N) is 1. The molecule has 12 heteroatoms. The number of rotatable bonds is 7. The minimum Gasteiger partial charge on any atom is -0.714 e. The minimum absolute atomic E-state index is 0.0654. The Labute approximate surface area is 138 Å². The Morgan fingerprint density at radius 3 is 2.48 bits per heavy atom. The minimum atomic E-state index is -5.02. The molecule has 0 saturated carbocycles. The average molecular weight is 374 g/mol. The summed E-state index contributed by atoms with van der Waals surface area (Å²) in [6.45, 7) is 1.29. The van der Waals surface area contributed by atoms with Gasteiger partial charge in [0, 0.05) is 0 Å². The van der Waals surface area contributed by atoms with Crippen LogP contribution in [-0.4, -0.2) is 74.9 Å². The van der Waals surface area contributed by atoms with Crippen molar-refractivity contribution in [2.24, 2.45) is 5.16 Å². The van der Waals surface area contributed by atoms with E-state index < -0.39 is 46.9 Å². The normalized spacial score (nSPS) is 32.8. The third kappa shape index (κ3) is 6.51. The quantitative estimate of drug-likeness (QED) is 0.135. The van der Waals surface area contributed by atoms with Crippen LogP contribution in [0, 0.1) is 0 Å². The zero-order valence-corrected chi connectivity index (χ0v) is 13.9. The van der Waals surface area contributed by atoms with Gasteiger partial charge >= 0.3 is 0 Å². The standard InChI is InChI=1S/C11H21NO9S2/c1-2-3-4-7(12-21-23(17,18)19)22-11-10(16)9(15)8(14)6(5-13)20-11/h6,8-11,13-16H,2-5H2,1H3,(H,17,18,19)/p-1/b12-7-/t6-,8-,9+,10-,11+/m1/s1. The van der Waals surface area contributed by atoms with Crippen LogP contribution in [-0.2, 0) is 19.4 Å². The van der Waals surface area contributed by atoms with Gasteiger partial charge in [-0.05, 0) is 12.8 Å². The van der Waals surface area contributed by atoms with Gasteiger partial charge in [0.2, 0.25) is 0 Å². The monoisotopic (exact) mass is 374 g/mol. The maximum absolute atomic E-state index is 10.5. The fraction of sp³-hybridized carbons (Fsp3) is 0.909. The summed E-state index contributed by atoms with van der Waals surface area (Å²) < 4.78 is 40.5. The number of aliphatic hydroxyl groups excluding tert-OH is 4. The number of ether oxygens (including phenoxy) is 1. The molecule has 0 aromatic rings. The van der Waals surface area contributed by atoms with Gasteiger partial charge in [0.1, 0.15) is 34.9 Å². The first-order valence-electron chi connectivity index (χ1n) is 6.88. The summed E-state index contributed by atoms with van der Waals surface area (Å²) in [7, 11) is -5.02. The van der Waals surface area contributed by atoms with Crippen LogP contribution >= 0.6 is 11.8 Å². The topological polar surface area (TPSA) is 169 Å². The molecule has 1 rings (SSSR count). The number of hydrogen-bond donors (Lipinski definition) is 4. The van der Waals surface area contributed by atoms with Crippen LogP contribution in [0.15, 0.2) is 5.16 Å². The van der Waals surface area contributed by atoms with Crippen LogP contribution in [0.25, 0.3) is 0 Å². The van der Waals surface area contributed by atoms with Crippen molar-refractivity contribution in [3.8, 4) is 0 Å². The predicted molar refractivity (Wildman–Crippen MR) is 79.1 cm³/mol. The maximum atomic E-state index is 10.5. The van der Waals surface area contributed by atoms with Gasteiger partial charge in [-0.1, -0.05) is 30.3 Å². The number of hydrogen-bond acceptors (Lipinski definition) is 11. The van der Waals surface area contributed by atoms with E-state index >= 15 is 0 Å². The highest BCUT2D eigenvalue weighted by atomic mass is 32.3. The second-order valence-electron chi connectivity index (χ2n) is 4.89. The van der Waals surface area contributed by atoms with E-state index in [1.54, 1.807) is 0 Å². The van der Waals surface area contributed by atoms with Crippen molar-refractivity contribution in [2.75, 3.05) is 6.61 Å². The summed E-state index contributed by atoms with van der Waals surface area (Å²) >= 11 is 0.747. The maximum Gasteiger partial charge on any atom is 0.284 e. The fourth-order valence-electron chi connectivity index (χ4n) is 1.84. The molecule has 5 atom stereocenters. The van der Waals surface area contributed by atoms with Gasteiger partial charge in [-0.2, -0.15) is 8.42 Å². The van der Waals surface area contributed by atoms with Gasteiger partial charge in [0.25, 0.3) is 10.4 Å². The van der Waals surface area contributed by atoms with Crippen LogP contribution in [0.5, 0.6) is 0 Å². The van der Waals surface area contributed by atoms with E-state index in [1.165, 1.54) is 0 Å². The second-order valence-corrected chi connectivity index (χ2v) is 7.02. The summed E-state index contributed by atoms with van der Waals surface area (Å²) in [6.07, 6.45) is -4.05. The summed E-state index contributed by atoms with van der Waals surface area (Å²) in [5.74, 6) is 0. The summed E-state index contributed by atoms with van der Waals surface area (Å²) in [6, 6.07) is 0. The second kappa shape index (κ2) is 9.13. The molecule has 0 radical (unpaired) electrons. The van der Waals surface area contributed by atoms with Crippen molar-refractivity contribution in [3.05, 3.63) is 0 Å². The Balaban J connectivity index is 2.84. The first-order valence-corrected chi connectivity index (χ1v) is 9.09. The Morgan fingerprint density at radius 1 is 1.30 bits per heavy atom. The van der Waals surface area contributed by atoms with Gasteiger partial charge in [-0.15, -0.1) is 0 Å². The van der Waals surface area contributed by atoms with Crippen molar-refractivity contribution in [3.63, 3.8) is 0 Å². The SMILES string of the molecule is CCCC/C(=N/OS(=O)(=O)[O-])S[C@@H]1O[C@H](CO)[C@@H](O)[C@H](O)[C@H]1O. The van der Waals surface area contributed by atoms with Gasteiger partial charge < -0.3 is 29.7 Å². The van der Waals surface area contributed by atoms with E-state index in [1.807, 2.05) is 6.92 Å². The molecule has 1 saturated heterocycles. The molecule has 0 bridgehead atoms. The zero-order valence-electron chi connectivity index (χ0n) is 12.3. The lowest BCUT2D eigenvalue weighted by atomic mass is 10.0. The molecule has 0 aliphatic carbocycles. The first kappa shape index (κ1) is 20.6. The number of unbranched alkanes of at least 4 members (excludes halogenated alkanes) is 1. The molecule has 1 aliphatic heterocycles. The lowest BCUT2D eigenvalue weighted by Gasteiger charge is -2.39. The summed E-state index contributed by atoms with van der Waals surface area (Å²) in [5.41, 5.74) is -1.13. The smallest absolute Gasteiger partial charge is 0.284 e. The highest BCUT2D eigenvalue weighted by Crippen LogP contribution is 2.30. The van der Waals surface area contributed by atoms with E-state index in [2.05, 4.69) is 9.44 Å². The van der Waals surface area contributed by atoms with Crippen LogP contribution < -0.4 is 0 Å². The number of thioether (sulfide) groups is 1. The van der Waals surface area contributed by atoms with Crippen LogP contribution in [0.1, 0.15) is 26.2 Å². The predicted octanol–water partition coefficient (Wildman–Crippen LogP) is -1.50. The largest absolute Gasteiger partial charge is 0.714 e. The fourth-order valence-corrected chi connectivity index (χ4v) is 3.18. The molecule has 4 N–H and O–H groups in total. The summed E-state index contributed by atoms with van der Waals surface area (Å²) in [5, 5.41) is 41.7. The van der Waals surface area contributed by atoms with Gasteiger partial charge in [0.05, 0.1) is 6.61 Å². The summed E-state index contributed by atoms with van der Waals surface area (Å²) in [4.78, 5) is 0. The van der Waals surface area contributed by atoms with Gasteiger partial charge in [-0.3, -0.25) is 4.28 Å². The van der Waals surface area contributed by atoms with E-state index in [9.17, 15) is 28.3 Å². The molecule has 1 heterocycles. The lowest BCUT2D eigenvalue weighted by Crippen LogP contribution is -2.57. The number of aliphatic hydroxyl groups is 4. The highest BCUT2D eigenvalue weighted by molar-refractivity contribution is 8.14. The molecule has 1 fully saturated rings. The van der Waals surface area contributed by atoms with E-state index in [0.29, 0.717) is 6.42 Å². The molecule has 10 nitrogen and oxygen atoms in total. The van der Waals surface area contributed by atoms with Gasteiger partial charge in [-0.25, -0.2) is 0 Å². The van der Waals surface area contributed by atoms with Crippen molar-refractivity contribution in [2.45, 2.75) is 56.0 Å². The van der Waals surface area contributed by atoms with Crippen molar-refractivity contribution < 1.29 is 42.4 Å². The third-order valence-corrected chi connectivity index (χ3v) is 4.51. The van der Waals surface area contributed by atoms with Crippen molar-refractivity contribution in [1.82, 2.24) is 0 Å². The molecule has 1 aliphatic rings. The zero-order chi connectivity index (χ0) is 17.6. The van der Waals surface area contributed by atoms with Crippen LogP contribution in [0.4, 0.5) is 0 Å². The van der Waals surface area contributed by atoms with Gasteiger partial charge in [0.15, 0.2) is 0 Å². The molecule has 0 unspecified atom stereocenters. The third-order valence-electron chi connectivity index (χ3n) is 3.08. The van der Waals surface area contributed by atoms with E-state index in [4.69, 9.17) is 9.84 Å². The van der Waals surface area contributed by atoms with Crippen molar-refractivity contribution in [1.29, 1.82) is 0 Å². The van der Waals surface area contributed by atoms with E-state index in [-0.39, 0.29) is 11.5 Å². The van der Waals surface area contributed by atoms with Crippen molar-refractivity contribution >= 4 is 27.2 Å². The molecular weight excluding hydrogens is 354 g/mol. The first-order chi connectivity index (χ1) is 10.7. The molecule has 23 heavy (non-hydrogen) atoms. The Morgan fingerprint density at radius 2 is 1.96 bits per heavy atom. The van der Waals surface area contributed by atoms with Crippen LogP contribution in [0.2, 0.25) is 0 Å². The Bertz CT molecular complexity index is 496.